The van der Waals surface area contributed by atoms with Gasteiger partial charge in [-0.1, -0.05) is 23.7 Å². The highest BCUT2D eigenvalue weighted by atomic mass is 35.5. The third-order valence-corrected chi connectivity index (χ3v) is 5.72. The zero-order valence-corrected chi connectivity index (χ0v) is 17.7. The van der Waals surface area contributed by atoms with Crippen LogP contribution in [0.5, 0.6) is 0 Å². The van der Waals surface area contributed by atoms with Crippen LogP contribution in [-0.2, 0) is 11.3 Å². The van der Waals surface area contributed by atoms with Gasteiger partial charge in [0.1, 0.15) is 0 Å². The van der Waals surface area contributed by atoms with Crippen molar-refractivity contribution in [1.29, 1.82) is 0 Å². The average Bonchev–Trinajstić information content (AvgIpc) is 3.57. The maximum Gasteiger partial charge on any atom is 0.251 e. The number of amides is 2. The number of rotatable bonds is 6. The Bertz CT molecular complexity index is 1100. The number of nitrogens with zero attached hydrogens (tertiary/aromatic N) is 2. The fourth-order valence-corrected chi connectivity index (χ4v) is 3.38. The molecule has 0 saturated heterocycles. The summed E-state index contributed by atoms with van der Waals surface area (Å²) in [6.07, 6.45) is 1.93. The fraction of sp³-hybridized carbons (Fsp3) is 0.261. The molecule has 0 aliphatic heterocycles. The second-order valence-electron chi connectivity index (χ2n) is 7.59. The molecule has 0 radical (unpaired) electrons. The van der Waals surface area contributed by atoms with E-state index in [1.54, 1.807) is 16.8 Å². The average molecular weight is 423 g/mol. The Hall–Kier alpha value is -3.12. The minimum atomic E-state index is -0.166. The van der Waals surface area contributed by atoms with E-state index >= 15 is 0 Å². The van der Waals surface area contributed by atoms with E-state index < -0.39 is 0 Å². The normalized spacial score (nSPS) is 13.2. The van der Waals surface area contributed by atoms with Crippen LogP contribution in [0.1, 0.15) is 40.2 Å². The lowest BCUT2D eigenvalue weighted by Gasteiger charge is -2.09. The fourth-order valence-electron chi connectivity index (χ4n) is 3.26. The molecule has 1 aliphatic carbocycles. The van der Waals surface area contributed by atoms with Crippen LogP contribution in [0, 0.1) is 19.8 Å². The molecule has 2 amide bonds. The summed E-state index contributed by atoms with van der Waals surface area (Å²) < 4.78 is 1.76. The van der Waals surface area contributed by atoms with Crippen LogP contribution in [-0.4, -0.2) is 21.6 Å². The number of hydrogen-bond donors (Lipinski definition) is 2. The smallest absolute Gasteiger partial charge is 0.251 e. The Morgan fingerprint density at radius 1 is 1.13 bits per heavy atom. The van der Waals surface area contributed by atoms with E-state index in [2.05, 4.69) is 15.7 Å². The summed E-state index contributed by atoms with van der Waals surface area (Å²) >= 11 is 6.22. The van der Waals surface area contributed by atoms with Crippen molar-refractivity contribution in [3.63, 3.8) is 0 Å². The van der Waals surface area contributed by atoms with Crippen molar-refractivity contribution >= 4 is 29.1 Å². The zero-order valence-electron chi connectivity index (χ0n) is 16.9. The number of benzene rings is 2. The standard InChI is InChI=1S/C23H23ClN4O2/c1-14-21(24)15(2)28(27-14)20-10-8-17(9-11-20)22(29)25-13-16-4-3-5-19(12-16)26-23(30)18-6-7-18/h3-5,8-12,18H,6-7,13H2,1-2H3,(H,25,29)(H,26,30). The number of aryl methyl sites for hydroxylation is 1. The summed E-state index contributed by atoms with van der Waals surface area (Å²) in [4.78, 5) is 24.4. The molecule has 0 unspecified atom stereocenters. The van der Waals surface area contributed by atoms with Crippen LogP contribution in [0.4, 0.5) is 5.69 Å². The summed E-state index contributed by atoms with van der Waals surface area (Å²) in [7, 11) is 0. The topological polar surface area (TPSA) is 76.0 Å². The summed E-state index contributed by atoms with van der Waals surface area (Å²) in [5.74, 6) is 0.0577. The van der Waals surface area contributed by atoms with E-state index in [-0.39, 0.29) is 17.7 Å². The van der Waals surface area contributed by atoms with Crippen molar-refractivity contribution in [1.82, 2.24) is 15.1 Å². The van der Waals surface area contributed by atoms with Crippen LogP contribution < -0.4 is 10.6 Å². The Kier molecular flexibility index (Phi) is 5.59. The van der Waals surface area contributed by atoms with E-state index in [1.807, 2.05) is 50.2 Å². The van der Waals surface area contributed by atoms with E-state index in [4.69, 9.17) is 11.6 Å². The minimum absolute atomic E-state index is 0.0696. The van der Waals surface area contributed by atoms with Gasteiger partial charge in [-0.05, 0) is 68.7 Å². The highest BCUT2D eigenvalue weighted by Crippen LogP contribution is 2.30. The maximum absolute atomic E-state index is 12.5. The molecule has 1 heterocycles. The lowest BCUT2D eigenvalue weighted by Crippen LogP contribution is -2.23. The van der Waals surface area contributed by atoms with Gasteiger partial charge in [-0.15, -0.1) is 0 Å². The SMILES string of the molecule is Cc1nn(-c2ccc(C(=O)NCc3cccc(NC(=O)C4CC4)c3)cc2)c(C)c1Cl. The number of aromatic nitrogens is 2. The molecule has 0 spiro atoms. The van der Waals surface area contributed by atoms with Gasteiger partial charge in [0, 0.05) is 23.7 Å². The van der Waals surface area contributed by atoms with Crippen molar-refractivity contribution in [2.75, 3.05) is 5.32 Å². The third-order valence-electron chi connectivity index (χ3n) is 5.17. The number of nitrogens with one attached hydrogen (secondary N) is 2. The molecule has 154 valence electrons. The molecular weight excluding hydrogens is 400 g/mol. The molecular formula is C23H23ClN4O2. The highest BCUT2D eigenvalue weighted by molar-refractivity contribution is 6.31. The van der Waals surface area contributed by atoms with Crippen LogP contribution in [0.2, 0.25) is 5.02 Å². The number of carbonyl (C=O) groups excluding carboxylic acids is 2. The van der Waals surface area contributed by atoms with E-state index in [9.17, 15) is 9.59 Å². The van der Waals surface area contributed by atoms with E-state index in [1.165, 1.54) is 0 Å². The molecule has 1 fully saturated rings. The van der Waals surface area contributed by atoms with Gasteiger partial charge in [-0.25, -0.2) is 4.68 Å². The van der Waals surface area contributed by atoms with Crippen molar-refractivity contribution in [2.45, 2.75) is 33.2 Å². The Morgan fingerprint density at radius 3 is 2.50 bits per heavy atom. The largest absolute Gasteiger partial charge is 0.348 e. The maximum atomic E-state index is 12.5. The van der Waals surface area contributed by atoms with Gasteiger partial charge in [-0.3, -0.25) is 9.59 Å². The number of carbonyl (C=O) groups is 2. The second kappa shape index (κ2) is 8.32. The molecule has 2 N–H and O–H groups in total. The zero-order chi connectivity index (χ0) is 21.3. The molecule has 30 heavy (non-hydrogen) atoms. The summed E-state index contributed by atoms with van der Waals surface area (Å²) in [6, 6.07) is 14.8. The van der Waals surface area contributed by atoms with E-state index in [0.717, 1.165) is 41.2 Å². The van der Waals surface area contributed by atoms with Crippen molar-refractivity contribution < 1.29 is 9.59 Å². The van der Waals surface area contributed by atoms with Crippen LogP contribution in [0.15, 0.2) is 48.5 Å². The van der Waals surface area contributed by atoms with Gasteiger partial charge in [0.25, 0.3) is 5.91 Å². The van der Waals surface area contributed by atoms with Gasteiger partial charge in [0.05, 0.1) is 22.1 Å². The summed E-state index contributed by atoms with van der Waals surface area (Å²) in [6.45, 7) is 4.14. The number of anilines is 1. The summed E-state index contributed by atoms with van der Waals surface area (Å²) in [5, 5.41) is 10.9. The number of hydrogen-bond acceptors (Lipinski definition) is 3. The first-order valence-corrected chi connectivity index (χ1v) is 10.3. The lowest BCUT2D eigenvalue weighted by molar-refractivity contribution is -0.117. The predicted octanol–water partition coefficient (Wildman–Crippen LogP) is 4.42. The monoisotopic (exact) mass is 422 g/mol. The molecule has 3 aromatic rings. The Morgan fingerprint density at radius 2 is 1.87 bits per heavy atom. The van der Waals surface area contributed by atoms with E-state index in [0.29, 0.717) is 17.1 Å². The van der Waals surface area contributed by atoms with Gasteiger partial charge < -0.3 is 10.6 Å². The van der Waals surface area contributed by atoms with Crippen molar-refractivity contribution in [3.8, 4) is 5.69 Å². The predicted molar refractivity (Wildman–Crippen MR) is 117 cm³/mol. The van der Waals surface area contributed by atoms with Crippen molar-refractivity contribution in [2.24, 2.45) is 5.92 Å². The van der Waals surface area contributed by atoms with Crippen molar-refractivity contribution in [3.05, 3.63) is 76.1 Å². The molecule has 2 aromatic carbocycles. The Balaban J connectivity index is 1.38. The lowest BCUT2D eigenvalue weighted by atomic mass is 10.1. The first-order chi connectivity index (χ1) is 14.4. The third kappa shape index (κ3) is 4.39. The van der Waals surface area contributed by atoms with Crippen LogP contribution in [0.25, 0.3) is 5.69 Å². The molecule has 0 atom stereocenters. The quantitative estimate of drug-likeness (QED) is 0.617. The molecule has 6 nitrogen and oxygen atoms in total. The molecule has 0 bridgehead atoms. The second-order valence-corrected chi connectivity index (χ2v) is 7.97. The van der Waals surface area contributed by atoms with Gasteiger partial charge in [-0.2, -0.15) is 5.10 Å². The first-order valence-electron chi connectivity index (χ1n) is 9.92. The summed E-state index contributed by atoms with van der Waals surface area (Å²) in [5.41, 5.74) is 4.71. The molecule has 1 aliphatic rings. The molecule has 1 aromatic heterocycles. The molecule has 4 rings (SSSR count). The molecule has 7 heteroatoms. The van der Waals surface area contributed by atoms with Crippen LogP contribution >= 0.6 is 11.6 Å². The number of halogens is 1. The van der Waals surface area contributed by atoms with Crippen LogP contribution in [0.3, 0.4) is 0 Å². The van der Waals surface area contributed by atoms with Gasteiger partial charge >= 0.3 is 0 Å². The highest BCUT2D eigenvalue weighted by Gasteiger charge is 2.29. The minimum Gasteiger partial charge on any atom is -0.348 e. The molecule has 1 saturated carbocycles. The first kappa shape index (κ1) is 20.2. The van der Waals surface area contributed by atoms with Gasteiger partial charge in [0.15, 0.2) is 0 Å². The van der Waals surface area contributed by atoms with Gasteiger partial charge in [0.2, 0.25) is 5.91 Å². The Labute approximate surface area is 180 Å².